The number of hydrogen-bond donors (Lipinski definition) is 3. The lowest BCUT2D eigenvalue weighted by Crippen LogP contribution is -2.35. The summed E-state index contributed by atoms with van der Waals surface area (Å²) in [6.45, 7) is 4.56. The maximum atomic E-state index is 11.5. The minimum atomic E-state index is -1.01. The average molecular weight is 612 g/mol. The zero-order valence-corrected chi connectivity index (χ0v) is 25.1. The zero-order valence-electron chi connectivity index (χ0n) is 24.3. The van der Waals surface area contributed by atoms with Gasteiger partial charge in [0.1, 0.15) is 27.8 Å². The number of ether oxygens (including phenoxy) is 1. The second-order valence-electron chi connectivity index (χ2n) is 12.1. The van der Waals surface area contributed by atoms with Crippen molar-refractivity contribution in [2.24, 2.45) is 11.8 Å². The van der Waals surface area contributed by atoms with Gasteiger partial charge in [0.2, 0.25) is 0 Å². The maximum Gasteiger partial charge on any atom is 0.404 e. The summed E-state index contributed by atoms with van der Waals surface area (Å²) >= 11 is 1.62. The van der Waals surface area contributed by atoms with Gasteiger partial charge in [-0.2, -0.15) is 5.10 Å². The third-order valence-electron chi connectivity index (χ3n) is 9.68. The Morgan fingerprint density at radius 1 is 1.14 bits per heavy atom. The first-order valence-electron chi connectivity index (χ1n) is 15.2. The molecule has 0 radical (unpaired) electrons. The van der Waals surface area contributed by atoms with Gasteiger partial charge < -0.3 is 25.2 Å². The second kappa shape index (κ2) is 10.4. The monoisotopic (exact) mass is 611 g/mol. The molecular weight excluding hydrogens is 578 g/mol. The second-order valence-corrected chi connectivity index (χ2v) is 13.0. The Bertz CT molecular complexity index is 1900. The minimum absolute atomic E-state index is 0.225. The van der Waals surface area contributed by atoms with E-state index in [4.69, 9.17) is 24.8 Å². The van der Waals surface area contributed by atoms with Crippen LogP contribution in [0.5, 0.6) is 5.75 Å². The number of aromatic nitrogens is 5. The fourth-order valence-corrected chi connectivity index (χ4v) is 8.60. The molecule has 1 amide bonds. The molecule has 8 rings (SSSR count). The standard InChI is InChI=1S/C32H33N7O4S/c1-18-16-44-30(35-18)32(17-34-31(41)42)22-11-12-38(15-23(22)32)25-14-33-28-27(21-9-10-24(40)20-7-3-2-6-19(20)21)37-39(29(28)36-25)26-8-4-5-13-43-26/h2-3,6-7,9-10,14,16,22-23,26,34,40H,4-5,8,11-13,15,17H2,1H3,(H,41,42). The Balaban J connectivity index is 1.18. The van der Waals surface area contributed by atoms with Gasteiger partial charge in [-0.1, -0.05) is 24.3 Å². The number of nitrogens with zero attached hydrogens (tertiary/aromatic N) is 6. The lowest BCUT2D eigenvalue weighted by molar-refractivity contribution is -0.0368. The van der Waals surface area contributed by atoms with E-state index in [-0.39, 0.29) is 23.3 Å². The number of benzene rings is 2. The molecule has 0 spiro atoms. The largest absolute Gasteiger partial charge is 0.507 e. The van der Waals surface area contributed by atoms with Crippen molar-refractivity contribution in [3.63, 3.8) is 0 Å². The van der Waals surface area contributed by atoms with Crippen LogP contribution in [0, 0.1) is 18.8 Å². The molecule has 5 aromatic rings. The summed E-state index contributed by atoms with van der Waals surface area (Å²) in [7, 11) is 0. The quantitative estimate of drug-likeness (QED) is 0.228. The Labute approximate surface area is 257 Å². The number of phenols is 1. The number of piperidine rings is 1. The molecule has 12 heteroatoms. The van der Waals surface area contributed by atoms with Crippen LogP contribution in [0.2, 0.25) is 0 Å². The van der Waals surface area contributed by atoms with Crippen molar-refractivity contribution in [1.82, 2.24) is 30.0 Å². The fraction of sp³-hybridized carbons (Fsp3) is 0.406. The Morgan fingerprint density at radius 2 is 2.00 bits per heavy atom. The van der Waals surface area contributed by atoms with E-state index in [1.165, 1.54) is 0 Å². The molecule has 3 fully saturated rings. The third-order valence-corrected chi connectivity index (χ3v) is 10.8. The molecule has 2 aromatic carbocycles. The van der Waals surface area contributed by atoms with Crippen LogP contribution in [-0.4, -0.2) is 67.3 Å². The number of anilines is 1. The number of fused-ring (bicyclic) bond motifs is 3. The van der Waals surface area contributed by atoms with Crippen LogP contribution in [0.3, 0.4) is 0 Å². The number of phenolic OH excluding ortho intramolecular Hbond substituents is 1. The maximum absolute atomic E-state index is 11.5. The van der Waals surface area contributed by atoms with Crippen LogP contribution in [0.1, 0.15) is 42.6 Å². The molecule has 2 aliphatic heterocycles. The van der Waals surface area contributed by atoms with Crippen molar-refractivity contribution >= 4 is 45.2 Å². The SMILES string of the molecule is Cc1csc(C2(CNC(=O)O)C3CCN(c4cnc5c(-c6ccc(O)c7ccccc67)nn(C6CCCCO6)c5n4)CC32)n1. The fourth-order valence-electron chi connectivity index (χ4n) is 7.47. The highest BCUT2D eigenvalue weighted by atomic mass is 32.1. The highest BCUT2D eigenvalue weighted by molar-refractivity contribution is 7.09. The molecule has 2 saturated heterocycles. The molecule has 5 heterocycles. The molecule has 3 aliphatic rings. The average Bonchev–Trinajstić information content (AvgIpc) is 3.27. The summed E-state index contributed by atoms with van der Waals surface area (Å²) in [5.41, 5.74) is 3.63. The molecule has 0 bridgehead atoms. The Kier molecular flexibility index (Phi) is 6.45. The summed E-state index contributed by atoms with van der Waals surface area (Å²) in [4.78, 5) is 28.7. The number of rotatable bonds is 6. The number of carbonyl (C=O) groups is 1. The molecule has 1 saturated carbocycles. The van der Waals surface area contributed by atoms with E-state index in [9.17, 15) is 15.0 Å². The van der Waals surface area contributed by atoms with Crippen LogP contribution in [0.15, 0.2) is 48.0 Å². The highest BCUT2D eigenvalue weighted by Crippen LogP contribution is 2.64. The summed E-state index contributed by atoms with van der Waals surface area (Å²) in [5, 5.41) is 32.4. The van der Waals surface area contributed by atoms with Crippen LogP contribution >= 0.6 is 11.3 Å². The van der Waals surface area contributed by atoms with Gasteiger partial charge >= 0.3 is 6.09 Å². The molecule has 11 nitrogen and oxygen atoms in total. The molecule has 226 valence electrons. The molecule has 3 aromatic heterocycles. The number of nitrogens with one attached hydrogen (secondary N) is 1. The van der Waals surface area contributed by atoms with Crippen molar-refractivity contribution in [3.8, 4) is 17.0 Å². The Morgan fingerprint density at radius 3 is 2.77 bits per heavy atom. The van der Waals surface area contributed by atoms with E-state index < -0.39 is 6.09 Å². The third kappa shape index (κ3) is 4.30. The number of aromatic hydroxyl groups is 1. The van der Waals surface area contributed by atoms with E-state index in [0.717, 1.165) is 71.6 Å². The topological polar surface area (TPSA) is 139 Å². The van der Waals surface area contributed by atoms with Gasteiger partial charge in [0.15, 0.2) is 11.9 Å². The minimum Gasteiger partial charge on any atom is -0.507 e. The molecular formula is C32H33N7O4S. The number of thiazole rings is 1. The summed E-state index contributed by atoms with van der Waals surface area (Å²) in [6.07, 6.45) is 4.42. The van der Waals surface area contributed by atoms with Crippen molar-refractivity contribution in [2.75, 3.05) is 31.1 Å². The van der Waals surface area contributed by atoms with Gasteiger partial charge in [0.05, 0.1) is 6.20 Å². The van der Waals surface area contributed by atoms with Crippen LogP contribution in [0.25, 0.3) is 33.2 Å². The smallest absolute Gasteiger partial charge is 0.404 e. The number of carboxylic acid groups (broad SMARTS) is 1. The van der Waals surface area contributed by atoms with E-state index in [1.807, 2.05) is 53.5 Å². The van der Waals surface area contributed by atoms with E-state index in [0.29, 0.717) is 35.9 Å². The van der Waals surface area contributed by atoms with Crippen molar-refractivity contribution < 1.29 is 19.7 Å². The number of aryl methyl sites for hydroxylation is 1. The van der Waals surface area contributed by atoms with Crippen molar-refractivity contribution in [2.45, 2.75) is 44.2 Å². The van der Waals surface area contributed by atoms with Crippen LogP contribution < -0.4 is 10.2 Å². The van der Waals surface area contributed by atoms with E-state index >= 15 is 0 Å². The van der Waals surface area contributed by atoms with Gasteiger partial charge in [0, 0.05) is 53.7 Å². The zero-order chi connectivity index (χ0) is 30.0. The molecule has 44 heavy (non-hydrogen) atoms. The van der Waals surface area contributed by atoms with Gasteiger partial charge in [-0.25, -0.2) is 24.4 Å². The van der Waals surface area contributed by atoms with Gasteiger partial charge in [-0.3, -0.25) is 0 Å². The lowest BCUT2D eigenvalue weighted by atomic mass is 10.0. The van der Waals surface area contributed by atoms with Crippen LogP contribution in [-0.2, 0) is 10.2 Å². The molecule has 3 N–H and O–H groups in total. The molecule has 4 unspecified atom stereocenters. The first kappa shape index (κ1) is 27.3. The lowest BCUT2D eigenvalue weighted by Gasteiger charge is -2.27. The van der Waals surface area contributed by atoms with Gasteiger partial charge in [0.25, 0.3) is 0 Å². The van der Waals surface area contributed by atoms with Crippen molar-refractivity contribution in [3.05, 3.63) is 58.7 Å². The first-order valence-corrected chi connectivity index (χ1v) is 16.0. The number of amides is 1. The van der Waals surface area contributed by atoms with E-state index in [2.05, 4.69) is 10.2 Å². The summed E-state index contributed by atoms with van der Waals surface area (Å²) in [6, 6.07) is 11.4. The summed E-state index contributed by atoms with van der Waals surface area (Å²) < 4.78 is 8.07. The summed E-state index contributed by atoms with van der Waals surface area (Å²) in [5.74, 6) is 1.63. The first-order chi connectivity index (χ1) is 21.4. The molecule has 1 aliphatic carbocycles. The van der Waals surface area contributed by atoms with Gasteiger partial charge in [-0.05, 0) is 62.0 Å². The molecule has 4 atom stereocenters. The van der Waals surface area contributed by atoms with Crippen LogP contribution in [0.4, 0.5) is 10.6 Å². The predicted octanol–water partition coefficient (Wildman–Crippen LogP) is 5.48. The number of hydrogen-bond acceptors (Lipinski definition) is 9. The predicted molar refractivity (Wildman–Crippen MR) is 167 cm³/mol. The normalized spacial score (nSPS) is 24.8. The van der Waals surface area contributed by atoms with E-state index in [1.54, 1.807) is 17.4 Å². The van der Waals surface area contributed by atoms with Gasteiger partial charge in [-0.15, -0.1) is 11.3 Å². The highest BCUT2D eigenvalue weighted by Gasteiger charge is 2.68. The Hall–Kier alpha value is -4.29. The van der Waals surface area contributed by atoms with Crippen molar-refractivity contribution in [1.29, 1.82) is 0 Å².